The molecule has 0 unspecified atom stereocenters. The highest BCUT2D eigenvalue weighted by Crippen LogP contribution is 2.29. The van der Waals surface area contributed by atoms with Crippen molar-refractivity contribution in [3.63, 3.8) is 0 Å². The molecule has 3 N–H and O–H groups in total. The number of aromatic nitrogens is 1. The number of hydrogen-bond donors (Lipinski definition) is 2. The predicted molar refractivity (Wildman–Crippen MR) is 202 cm³/mol. The first kappa shape index (κ1) is 32.5. The first-order chi connectivity index (χ1) is 20.0. The molecule has 0 saturated carbocycles. The largest absolute Gasteiger partial charge is 0.470 e. The number of carbonyl (C=O) groups is 2. The van der Waals surface area contributed by atoms with Crippen LogP contribution in [0, 0.1) is 0 Å². The van der Waals surface area contributed by atoms with Gasteiger partial charge in [0.05, 0.1) is 64.0 Å². The van der Waals surface area contributed by atoms with Crippen LogP contribution < -0.4 is 16.6 Å². The maximum Gasteiger partial charge on any atom is 0.337 e. The van der Waals surface area contributed by atoms with Crippen molar-refractivity contribution in [2.45, 2.75) is 21.5 Å². The van der Waals surface area contributed by atoms with Crippen LogP contribution in [0.25, 0.3) is 10.8 Å². The van der Waals surface area contributed by atoms with Gasteiger partial charge in [0.2, 0.25) is 5.91 Å². The van der Waals surface area contributed by atoms with Gasteiger partial charge in [0.25, 0.3) is 0 Å². The van der Waals surface area contributed by atoms with E-state index in [1.165, 1.54) is 5.56 Å². The van der Waals surface area contributed by atoms with Crippen LogP contribution in [0.3, 0.4) is 0 Å². The van der Waals surface area contributed by atoms with Crippen molar-refractivity contribution in [1.29, 1.82) is 0 Å². The summed E-state index contributed by atoms with van der Waals surface area (Å²) in [6.07, 6.45) is 1.76. The number of fused-ring (bicyclic) bond motifs is 1. The highest BCUT2D eigenvalue weighted by molar-refractivity contribution is 6.60. The summed E-state index contributed by atoms with van der Waals surface area (Å²) >= 11 is 0. The fraction of sp³-hybridized carbons (Fsp3) is 0.179. The van der Waals surface area contributed by atoms with E-state index < -0.39 is 11.3 Å². The Morgan fingerprint density at radius 3 is 2.09 bits per heavy atom. The maximum atomic E-state index is 13.6. The van der Waals surface area contributed by atoms with Crippen LogP contribution in [0.2, 0.25) is 0 Å². The van der Waals surface area contributed by atoms with Crippen LogP contribution in [0.5, 0.6) is 0 Å². The molecule has 43 heavy (non-hydrogen) atoms. The number of ether oxygens (including phenoxy) is 1. The van der Waals surface area contributed by atoms with E-state index in [1.807, 2.05) is 84.2 Å². The molecule has 0 aliphatic heterocycles. The zero-order valence-electron chi connectivity index (χ0n) is 27.0. The Morgan fingerprint density at radius 1 is 0.837 bits per heavy atom. The molecule has 0 aliphatic rings. The van der Waals surface area contributed by atoms with E-state index in [1.54, 1.807) is 6.20 Å². The van der Waals surface area contributed by atoms with Crippen molar-refractivity contribution in [2.24, 2.45) is 5.73 Å². The minimum atomic E-state index is -0.897. The quantitative estimate of drug-likeness (QED) is 0.158. The first-order valence-corrected chi connectivity index (χ1v) is 14.9. The molecule has 0 bridgehead atoms. The number of pyridine rings is 1. The Hall–Kier alpha value is -3.45. The van der Waals surface area contributed by atoms with Crippen molar-refractivity contribution >= 4 is 105 Å². The minimum Gasteiger partial charge on any atom is -0.470 e. The van der Waals surface area contributed by atoms with Gasteiger partial charge in [-0.2, -0.15) is 0 Å². The van der Waals surface area contributed by atoms with Gasteiger partial charge in [0.15, 0.2) is 23.5 Å². The molecular weight excluding hydrogens is 524 g/mol. The smallest absolute Gasteiger partial charge is 0.337 e. The summed E-state index contributed by atoms with van der Waals surface area (Å²) in [7, 11) is 18.5. The Bertz CT molecular complexity index is 1670. The summed E-state index contributed by atoms with van der Waals surface area (Å²) < 4.78 is 6.12. The van der Waals surface area contributed by atoms with Gasteiger partial charge < -0.3 is 15.8 Å². The van der Waals surface area contributed by atoms with E-state index in [2.05, 4.69) is 63.4 Å². The van der Waals surface area contributed by atoms with E-state index in [0.29, 0.717) is 11.3 Å². The molecule has 0 saturated heterocycles. The lowest BCUT2D eigenvalue weighted by Gasteiger charge is -2.30. The molecule has 3 aromatic carbocycles. The molecule has 0 spiro atoms. The number of amides is 1. The van der Waals surface area contributed by atoms with Crippen molar-refractivity contribution in [1.82, 2.24) is 4.98 Å². The lowest BCUT2D eigenvalue weighted by molar-refractivity contribution is -0.117. The van der Waals surface area contributed by atoms with Crippen LogP contribution in [0.15, 0.2) is 72.9 Å². The topological polar surface area (TPSA) is 94.3 Å². The van der Waals surface area contributed by atoms with E-state index in [9.17, 15) is 9.59 Å². The first-order valence-electron chi connectivity index (χ1n) is 14.9. The number of esters is 1. The van der Waals surface area contributed by atoms with E-state index in [0.717, 1.165) is 33.1 Å². The van der Waals surface area contributed by atoms with Crippen LogP contribution in [-0.4, -0.2) is 94.0 Å². The summed E-state index contributed by atoms with van der Waals surface area (Å²) in [5.41, 5.74) is 12.0. The molecule has 4 aromatic rings. The Balaban J connectivity index is 1.52. The molecule has 1 aromatic heterocycles. The van der Waals surface area contributed by atoms with Crippen LogP contribution in [-0.2, 0) is 25.2 Å². The summed E-state index contributed by atoms with van der Waals surface area (Å²) in [6, 6.07) is 21.3. The second-order valence-electron chi connectivity index (χ2n) is 13.9. The van der Waals surface area contributed by atoms with Gasteiger partial charge in [0, 0.05) is 24.0 Å². The lowest BCUT2D eigenvalue weighted by atomic mass is 9.37. The third kappa shape index (κ3) is 7.38. The zero-order valence-corrected chi connectivity index (χ0v) is 27.0. The number of nitrogens with two attached hydrogens (primary N) is 1. The molecule has 0 aliphatic carbocycles. The SMILES string of the molecule is Bc1nccc2cc(NC(=O)[C@H](CN)c3ccc(C(B)(B)OC(=O)c4ccc(C(B)(B)B)cc4C(B)(B)B)cc3)ccc12. The van der Waals surface area contributed by atoms with Gasteiger partial charge in [-0.1, -0.05) is 63.8 Å². The molecule has 1 heterocycles. The fourth-order valence-corrected chi connectivity index (χ4v) is 5.30. The highest BCUT2D eigenvalue weighted by Gasteiger charge is 2.31. The van der Waals surface area contributed by atoms with Crippen molar-refractivity contribution < 1.29 is 14.3 Å². The van der Waals surface area contributed by atoms with Gasteiger partial charge >= 0.3 is 5.97 Å². The highest BCUT2D eigenvalue weighted by atomic mass is 16.5. The number of nitrogens with zero attached hydrogens (tertiary/aromatic N) is 1. The van der Waals surface area contributed by atoms with Gasteiger partial charge in [-0.25, -0.2) is 4.79 Å². The van der Waals surface area contributed by atoms with E-state index in [4.69, 9.17) is 10.5 Å². The van der Waals surface area contributed by atoms with Gasteiger partial charge in [-0.05, 0) is 46.2 Å². The molecule has 208 valence electrons. The Morgan fingerprint density at radius 2 is 1.49 bits per heavy atom. The van der Waals surface area contributed by atoms with Crippen molar-refractivity contribution in [3.05, 3.63) is 101 Å². The van der Waals surface area contributed by atoms with E-state index >= 15 is 0 Å². The Kier molecular flexibility index (Phi) is 9.27. The molecule has 0 radical (unpaired) electrons. The number of carbonyl (C=O) groups excluding carboxylic acids is 2. The minimum absolute atomic E-state index is 0.0337. The fourth-order valence-electron chi connectivity index (χ4n) is 5.30. The zero-order chi connectivity index (χ0) is 31.7. The standard InChI is InChI=1S/C28H36B9N3O3/c29-23-19-8-6-18(11-15(19)9-10-39-23)40-24(41)21(13-38)14-1-3-16(4-2-14)28(36,37)43-25(42)20-7-5-17(26(30,31)32)12-22(20)27(33,34)35/h1-12,21H,13,29-38H2,(H,40,41)/t21-/m1/s1. The van der Waals surface area contributed by atoms with Crippen molar-refractivity contribution in [3.8, 4) is 0 Å². The monoisotopic (exact) mass is 561 g/mol. The van der Waals surface area contributed by atoms with Crippen LogP contribution >= 0.6 is 0 Å². The molecular formula is C28H36B9N3O3. The maximum absolute atomic E-state index is 13.6. The van der Waals surface area contributed by atoms with Gasteiger partial charge in [-0.15, -0.1) is 0 Å². The number of benzene rings is 3. The van der Waals surface area contributed by atoms with Crippen molar-refractivity contribution in [2.75, 3.05) is 11.9 Å². The Labute approximate surface area is 263 Å². The normalized spacial score (nSPS) is 12.9. The average Bonchev–Trinajstić information content (AvgIpc) is 2.92. The second-order valence-corrected chi connectivity index (χ2v) is 13.9. The third-order valence-electron chi connectivity index (χ3n) is 8.05. The molecule has 1 amide bonds. The molecule has 0 fully saturated rings. The number of anilines is 1. The van der Waals surface area contributed by atoms with Crippen LogP contribution in [0.1, 0.15) is 38.5 Å². The summed E-state index contributed by atoms with van der Waals surface area (Å²) in [6.45, 7) is 0.153. The summed E-state index contributed by atoms with van der Waals surface area (Å²) in [5.74, 6) is -1.08. The van der Waals surface area contributed by atoms with Gasteiger partial charge in [0.1, 0.15) is 0 Å². The molecule has 4 rings (SSSR count). The molecule has 1 atom stereocenters. The molecule has 6 nitrogen and oxygen atoms in total. The average molecular weight is 560 g/mol. The second kappa shape index (κ2) is 12.3. The summed E-state index contributed by atoms with van der Waals surface area (Å²) in [5, 5.41) is 3.91. The third-order valence-corrected chi connectivity index (χ3v) is 8.05. The van der Waals surface area contributed by atoms with Crippen LogP contribution in [0.4, 0.5) is 5.69 Å². The summed E-state index contributed by atoms with van der Waals surface area (Å²) in [4.78, 5) is 31.1. The number of hydrogen-bond acceptors (Lipinski definition) is 5. The van der Waals surface area contributed by atoms with E-state index in [-0.39, 0.29) is 28.6 Å². The number of nitrogens with one attached hydrogen (secondary N) is 1. The lowest BCUT2D eigenvalue weighted by Crippen LogP contribution is -2.36. The molecule has 15 heteroatoms. The van der Waals surface area contributed by atoms with Gasteiger partial charge in [-0.3, -0.25) is 9.78 Å². The predicted octanol–water partition coefficient (Wildman–Crippen LogP) is -5.57. The number of rotatable bonds is 9.